The Labute approximate surface area is 94.2 Å². The molecule has 7 radical (unpaired) electrons. The van der Waals surface area contributed by atoms with Crippen LogP contribution < -0.4 is 0 Å². The van der Waals surface area contributed by atoms with E-state index in [-0.39, 0.29) is 17.0 Å². The van der Waals surface area contributed by atoms with Gasteiger partial charge in [-0.25, -0.2) is 0 Å². The SMILES string of the molecule is Br.CC(C)[CH2][Mg+2].CCCCO. The molecule has 0 aliphatic carbocycles. The molecule has 3 heteroatoms. The summed E-state index contributed by atoms with van der Waals surface area (Å²) < 4.78 is 1.33. The van der Waals surface area contributed by atoms with Crippen molar-refractivity contribution >= 4 is 38.7 Å². The number of aliphatic hydroxyl groups excluding tert-OH is 1. The molecular weight excluding hydrogens is 216 g/mol. The van der Waals surface area contributed by atoms with Crippen molar-refractivity contribution in [2.24, 2.45) is 5.92 Å². The van der Waals surface area contributed by atoms with Gasteiger partial charge in [-0.05, 0) is 6.42 Å². The van der Waals surface area contributed by atoms with Gasteiger partial charge in [-0.15, -0.1) is 17.0 Å². The van der Waals surface area contributed by atoms with E-state index in [4.69, 9.17) is 5.11 Å². The van der Waals surface area contributed by atoms with Gasteiger partial charge in [0.2, 0.25) is 0 Å². The smallest absolute Gasteiger partial charge is 0.396 e. The zero-order valence-electron chi connectivity index (χ0n) is 7.97. The van der Waals surface area contributed by atoms with E-state index >= 15 is 0 Å². The van der Waals surface area contributed by atoms with Crippen LogP contribution in [0.3, 0.4) is 0 Å². The van der Waals surface area contributed by atoms with Crippen molar-refractivity contribution in [1.29, 1.82) is 0 Å². The van der Waals surface area contributed by atoms with E-state index in [2.05, 4.69) is 20.8 Å². The minimum atomic E-state index is 0. The quantitative estimate of drug-likeness (QED) is 0.747. The molecule has 0 aromatic heterocycles. The lowest BCUT2D eigenvalue weighted by atomic mass is 10.3. The topological polar surface area (TPSA) is 20.2 Å². The Balaban J connectivity index is -0.000000107. The molecule has 0 rings (SSSR count). The van der Waals surface area contributed by atoms with Gasteiger partial charge in [0, 0.05) is 12.5 Å². The van der Waals surface area contributed by atoms with Gasteiger partial charge in [0.25, 0.3) is 4.55 Å². The summed E-state index contributed by atoms with van der Waals surface area (Å²) >= 11 is 2.03. The summed E-state index contributed by atoms with van der Waals surface area (Å²) in [5.41, 5.74) is 0. The summed E-state index contributed by atoms with van der Waals surface area (Å²) in [7, 11) is 0. The number of aliphatic hydroxyl groups is 1. The highest BCUT2D eigenvalue weighted by molar-refractivity contribution is 8.93. The van der Waals surface area contributed by atoms with Gasteiger partial charge in [0.15, 0.2) is 0 Å². The molecule has 0 heterocycles. The Bertz CT molecular complexity index is 49.4. The first-order valence-electron chi connectivity index (χ1n) is 4.09. The Hall–Kier alpha value is 1.21. The summed E-state index contributed by atoms with van der Waals surface area (Å²) in [5, 5.41) is 8.07. The van der Waals surface area contributed by atoms with E-state index in [1.165, 1.54) is 4.55 Å². The molecule has 11 heavy (non-hydrogen) atoms. The van der Waals surface area contributed by atoms with Crippen LogP contribution in [0.4, 0.5) is 0 Å². The molecule has 0 aliphatic heterocycles. The van der Waals surface area contributed by atoms with Crippen molar-refractivity contribution in [3.63, 3.8) is 0 Å². The van der Waals surface area contributed by atoms with Gasteiger partial charge < -0.3 is 5.11 Å². The van der Waals surface area contributed by atoms with Crippen LogP contribution in [0.25, 0.3) is 0 Å². The van der Waals surface area contributed by atoms with E-state index in [1.807, 2.05) is 21.7 Å². The first-order chi connectivity index (χ1) is 4.68. The maximum atomic E-state index is 8.07. The molecule has 1 N–H and O–H groups in total. The fourth-order valence-electron chi connectivity index (χ4n) is 0.158. The Morgan fingerprint density at radius 3 is 1.73 bits per heavy atom. The molecule has 0 aromatic rings. The van der Waals surface area contributed by atoms with Gasteiger partial charge in [0.05, 0.1) is 0 Å². The minimum Gasteiger partial charge on any atom is -0.396 e. The van der Waals surface area contributed by atoms with Crippen molar-refractivity contribution < 1.29 is 5.11 Å². The number of unbranched alkanes of at least 4 members (excludes halogenated alkanes) is 1. The van der Waals surface area contributed by atoms with Crippen LogP contribution in [0.5, 0.6) is 0 Å². The molecule has 65 valence electrons. The normalized spacial score (nSPS) is 8.18. The molecule has 0 bridgehead atoms. The zero-order chi connectivity index (χ0) is 8.41. The molecule has 0 unspecified atom stereocenters. The van der Waals surface area contributed by atoms with Crippen molar-refractivity contribution in [2.75, 3.05) is 6.61 Å². The molecule has 0 saturated carbocycles. The van der Waals surface area contributed by atoms with Gasteiger partial charge in [-0.1, -0.05) is 27.2 Å². The van der Waals surface area contributed by atoms with Gasteiger partial charge >= 0.3 is 21.7 Å². The summed E-state index contributed by atoms with van der Waals surface area (Å²) in [6.45, 7) is 6.85. The highest BCUT2D eigenvalue weighted by Gasteiger charge is 2.24. The van der Waals surface area contributed by atoms with Crippen LogP contribution in [-0.2, 0) is 0 Å². The highest BCUT2D eigenvalue weighted by Crippen LogP contribution is 1.92. The molecule has 0 aliphatic rings. The maximum Gasteiger partial charge on any atom is 1.41 e. The fraction of sp³-hybridized carbons (Fsp3) is 1.00. The molecule has 0 spiro atoms. The van der Waals surface area contributed by atoms with Gasteiger partial charge in [-0.3, -0.25) is 0 Å². The standard InChI is InChI=1S/C4H10O.C4H9.BrH.Mg/c1-2-3-4-5;1-4(2)3;;/h5H,2-4H2,1H3;4H,1H2,2-3H3;1H;/q;;;+2. The number of rotatable bonds is 3. The summed E-state index contributed by atoms with van der Waals surface area (Å²) in [5.74, 6) is 0.897. The van der Waals surface area contributed by atoms with E-state index in [0.29, 0.717) is 6.61 Å². The Morgan fingerprint density at radius 2 is 1.73 bits per heavy atom. The zero-order valence-corrected chi connectivity index (χ0v) is 11.1. The summed E-state index contributed by atoms with van der Waals surface area (Å²) in [6, 6.07) is 0. The van der Waals surface area contributed by atoms with Crippen molar-refractivity contribution in [3.05, 3.63) is 0 Å². The first-order valence-corrected chi connectivity index (χ1v) is 5.09. The van der Waals surface area contributed by atoms with Crippen molar-refractivity contribution in [3.8, 4) is 0 Å². The van der Waals surface area contributed by atoms with E-state index in [1.54, 1.807) is 0 Å². The summed E-state index contributed by atoms with van der Waals surface area (Å²) in [4.78, 5) is 0. The second kappa shape index (κ2) is 17.3. The van der Waals surface area contributed by atoms with Crippen molar-refractivity contribution in [1.82, 2.24) is 0 Å². The third-order valence-electron chi connectivity index (χ3n) is 1.09. The van der Waals surface area contributed by atoms with Crippen LogP contribution in [0.2, 0.25) is 4.55 Å². The van der Waals surface area contributed by atoms with E-state index < -0.39 is 0 Å². The third kappa shape index (κ3) is 35.0. The average Bonchev–Trinajstić information content (AvgIpc) is 1.91. The average molecular weight is 236 g/mol. The monoisotopic (exact) mass is 235 g/mol. The van der Waals surface area contributed by atoms with E-state index in [9.17, 15) is 0 Å². The van der Waals surface area contributed by atoms with Gasteiger partial charge in [-0.2, -0.15) is 0 Å². The van der Waals surface area contributed by atoms with Gasteiger partial charge in [0.1, 0.15) is 0 Å². The lowest BCUT2D eigenvalue weighted by Crippen LogP contribution is -1.80. The molecule has 1 nitrogen and oxygen atoms in total. The third-order valence-corrected chi connectivity index (χ3v) is 2.24. The Kier molecular flexibility index (Phi) is 28.5. The van der Waals surface area contributed by atoms with Crippen LogP contribution in [-0.4, -0.2) is 33.4 Å². The number of hydrogen-bond acceptors (Lipinski definition) is 1. The molecule has 0 fully saturated rings. The number of halogens is 1. The molecular formula is C8H20BrMgO+2. The van der Waals surface area contributed by atoms with Crippen LogP contribution >= 0.6 is 17.0 Å². The highest BCUT2D eigenvalue weighted by atomic mass is 79.9. The van der Waals surface area contributed by atoms with E-state index in [0.717, 1.165) is 18.8 Å². The van der Waals surface area contributed by atoms with Crippen LogP contribution in [0, 0.1) is 5.92 Å². The second-order valence-electron chi connectivity index (χ2n) is 2.76. The molecule has 0 aromatic carbocycles. The maximum absolute atomic E-state index is 8.07. The molecule has 0 amide bonds. The summed E-state index contributed by atoms with van der Waals surface area (Å²) in [6.07, 6.45) is 2.04. The first kappa shape index (κ1) is 18.1. The number of hydrogen-bond donors (Lipinski definition) is 1. The second-order valence-corrected chi connectivity index (χ2v) is 3.34. The predicted molar refractivity (Wildman–Crippen MR) is 57.7 cm³/mol. The fourth-order valence-corrected chi connectivity index (χ4v) is 0.158. The predicted octanol–water partition coefficient (Wildman–Crippen LogP) is 2.59. The van der Waals surface area contributed by atoms with Crippen LogP contribution in [0.15, 0.2) is 0 Å². The lowest BCUT2D eigenvalue weighted by Gasteiger charge is -1.79. The minimum absolute atomic E-state index is 0. The molecule has 0 saturated heterocycles. The van der Waals surface area contributed by atoms with Crippen LogP contribution in [0.1, 0.15) is 33.6 Å². The largest absolute Gasteiger partial charge is 1.41 e. The Morgan fingerprint density at radius 1 is 1.36 bits per heavy atom. The lowest BCUT2D eigenvalue weighted by molar-refractivity contribution is 0.287. The molecule has 0 atom stereocenters. The van der Waals surface area contributed by atoms with Crippen molar-refractivity contribution in [2.45, 2.75) is 38.2 Å².